The number of nitrogens with one attached hydrogen (secondary N) is 1. The molecular weight excluding hydrogens is 242 g/mol. The van der Waals surface area contributed by atoms with Crippen molar-refractivity contribution >= 4 is 5.82 Å². The van der Waals surface area contributed by atoms with Gasteiger partial charge in [0.2, 0.25) is 0 Å². The quantitative estimate of drug-likeness (QED) is 0.880. The highest BCUT2D eigenvalue weighted by molar-refractivity contribution is 5.61. The summed E-state index contributed by atoms with van der Waals surface area (Å²) in [5.74, 6) is 1.58. The van der Waals surface area contributed by atoms with E-state index in [2.05, 4.69) is 20.4 Å². The fourth-order valence-corrected chi connectivity index (χ4v) is 2.28. The van der Waals surface area contributed by atoms with Crippen LogP contribution in [0.3, 0.4) is 0 Å². The van der Waals surface area contributed by atoms with Crippen LogP contribution < -0.4 is 5.32 Å². The average molecular weight is 259 g/mol. The van der Waals surface area contributed by atoms with Crippen LogP contribution >= 0.6 is 0 Å². The van der Waals surface area contributed by atoms with Crippen LogP contribution in [0, 0.1) is 6.92 Å². The third kappa shape index (κ3) is 1.98. The number of fused-ring (bicyclic) bond motifs is 1. The first kappa shape index (κ1) is 12.1. The second kappa shape index (κ2) is 4.62. The molecule has 3 heterocycles. The normalized spacial score (nSPS) is 14.3. The Labute approximate surface area is 111 Å². The smallest absolute Gasteiger partial charge is 0.165 e. The van der Waals surface area contributed by atoms with Crippen LogP contribution in [0.4, 0.5) is 5.82 Å². The molecule has 0 aromatic carbocycles. The zero-order chi connectivity index (χ0) is 13.4. The fraction of sp³-hybridized carbons (Fsp3) is 0.462. The summed E-state index contributed by atoms with van der Waals surface area (Å²) < 4.78 is 7.31. The summed E-state index contributed by atoms with van der Waals surface area (Å²) in [7, 11) is 3.79. The Morgan fingerprint density at radius 2 is 2.21 bits per heavy atom. The molecule has 0 saturated heterocycles. The first-order chi connectivity index (χ1) is 9.20. The molecule has 1 aliphatic heterocycles. The number of aryl methyl sites for hydroxylation is 1. The second-order valence-electron chi connectivity index (χ2n) is 4.64. The SMILES string of the molecule is CNc1nc(-c2cnn(C)c2C)nc2c1COCC2. The van der Waals surface area contributed by atoms with Gasteiger partial charge in [-0.2, -0.15) is 5.10 Å². The molecular formula is C13H17N5O. The number of aromatic nitrogens is 4. The van der Waals surface area contributed by atoms with Crippen molar-refractivity contribution in [3.63, 3.8) is 0 Å². The van der Waals surface area contributed by atoms with E-state index in [4.69, 9.17) is 4.74 Å². The molecule has 1 aliphatic rings. The largest absolute Gasteiger partial charge is 0.376 e. The van der Waals surface area contributed by atoms with Gasteiger partial charge in [-0.15, -0.1) is 0 Å². The lowest BCUT2D eigenvalue weighted by Gasteiger charge is -2.19. The zero-order valence-corrected chi connectivity index (χ0v) is 11.4. The highest BCUT2D eigenvalue weighted by atomic mass is 16.5. The van der Waals surface area contributed by atoms with Crippen molar-refractivity contribution < 1.29 is 4.74 Å². The van der Waals surface area contributed by atoms with E-state index in [-0.39, 0.29) is 0 Å². The number of hydrogen-bond acceptors (Lipinski definition) is 5. The lowest BCUT2D eigenvalue weighted by atomic mass is 10.1. The predicted molar refractivity (Wildman–Crippen MR) is 71.9 cm³/mol. The number of nitrogens with zero attached hydrogens (tertiary/aromatic N) is 4. The second-order valence-corrected chi connectivity index (χ2v) is 4.64. The Bertz CT molecular complexity index is 602. The summed E-state index contributed by atoms with van der Waals surface area (Å²) in [5, 5.41) is 7.38. The molecule has 100 valence electrons. The van der Waals surface area contributed by atoms with Crippen molar-refractivity contribution in [2.75, 3.05) is 19.0 Å². The summed E-state index contributed by atoms with van der Waals surface area (Å²) in [6.07, 6.45) is 2.65. The minimum absolute atomic E-state index is 0.581. The maximum Gasteiger partial charge on any atom is 0.165 e. The molecule has 0 spiro atoms. The lowest BCUT2D eigenvalue weighted by Crippen LogP contribution is -2.16. The predicted octanol–water partition coefficient (Wildman–Crippen LogP) is 1.30. The number of ether oxygens (including phenoxy) is 1. The van der Waals surface area contributed by atoms with Crippen molar-refractivity contribution in [1.29, 1.82) is 0 Å². The van der Waals surface area contributed by atoms with E-state index in [0.717, 1.165) is 47.2 Å². The topological polar surface area (TPSA) is 64.9 Å². The van der Waals surface area contributed by atoms with Gasteiger partial charge in [0.15, 0.2) is 5.82 Å². The maximum absolute atomic E-state index is 5.48. The first-order valence-electron chi connectivity index (χ1n) is 6.35. The summed E-state index contributed by atoms with van der Waals surface area (Å²) in [4.78, 5) is 9.28. The van der Waals surface area contributed by atoms with Crippen molar-refractivity contribution in [2.45, 2.75) is 20.0 Å². The number of hydrogen-bond donors (Lipinski definition) is 1. The standard InChI is InChI=1S/C13H17N5O/c1-8-9(6-15-18(8)3)13-16-11-4-5-19-7-10(11)12(14-2)17-13/h6H,4-5,7H2,1-3H3,(H,14,16,17). The Hall–Kier alpha value is -1.95. The van der Waals surface area contributed by atoms with E-state index in [1.807, 2.05) is 31.9 Å². The third-order valence-electron chi connectivity index (χ3n) is 3.54. The summed E-state index contributed by atoms with van der Waals surface area (Å²) in [6.45, 7) is 3.32. The average Bonchev–Trinajstić information content (AvgIpc) is 2.78. The monoisotopic (exact) mass is 259 g/mol. The molecule has 0 fully saturated rings. The van der Waals surface area contributed by atoms with E-state index in [1.165, 1.54) is 0 Å². The van der Waals surface area contributed by atoms with Crippen LogP contribution in [-0.2, 0) is 24.8 Å². The van der Waals surface area contributed by atoms with Gasteiger partial charge in [-0.25, -0.2) is 9.97 Å². The van der Waals surface area contributed by atoms with Gasteiger partial charge in [-0.1, -0.05) is 0 Å². The van der Waals surface area contributed by atoms with Crippen LogP contribution in [0.25, 0.3) is 11.4 Å². The summed E-state index contributed by atoms with van der Waals surface area (Å²) in [5.41, 5.74) is 4.19. The van der Waals surface area contributed by atoms with Crippen LogP contribution in [0.1, 0.15) is 17.0 Å². The molecule has 0 atom stereocenters. The molecule has 6 nitrogen and oxygen atoms in total. The Morgan fingerprint density at radius 1 is 1.37 bits per heavy atom. The maximum atomic E-state index is 5.48. The summed E-state index contributed by atoms with van der Waals surface area (Å²) in [6, 6.07) is 0. The Balaban J connectivity index is 2.15. The molecule has 2 aromatic heterocycles. The fourth-order valence-electron chi connectivity index (χ4n) is 2.28. The van der Waals surface area contributed by atoms with E-state index >= 15 is 0 Å². The molecule has 2 aromatic rings. The molecule has 19 heavy (non-hydrogen) atoms. The highest BCUT2D eigenvalue weighted by Crippen LogP contribution is 2.27. The van der Waals surface area contributed by atoms with Gasteiger partial charge in [0, 0.05) is 31.8 Å². The van der Waals surface area contributed by atoms with Gasteiger partial charge >= 0.3 is 0 Å². The molecule has 0 bridgehead atoms. The Morgan fingerprint density at radius 3 is 2.89 bits per heavy atom. The lowest BCUT2D eigenvalue weighted by molar-refractivity contribution is 0.109. The molecule has 0 aliphatic carbocycles. The first-order valence-corrected chi connectivity index (χ1v) is 6.35. The van der Waals surface area contributed by atoms with Gasteiger partial charge in [-0.3, -0.25) is 4.68 Å². The molecule has 0 saturated carbocycles. The molecule has 0 unspecified atom stereocenters. The van der Waals surface area contributed by atoms with Gasteiger partial charge in [0.05, 0.1) is 30.7 Å². The van der Waals surface area contributed by atoms with Crippen molar-refractivity contribution in [3.05, 3.63) is 23.1 Å². The molecule has 0 radical (unpaired) electrons. The number of anilines is 1. The van der Waals surface area contributed by atoms with E-state index in [9.17, 15) is 0 Å². The van der Waals surface area contributed by atoms with Crippen LogP contribution in [0.5, 0.6) is 0 Å². The molecule has 1 N–H and O–H groups in total. The van der Waals surface area contributed by atoms with E-state index in [1.54, 1.807) is 0 Å². The van der Waals surface area contributed by atoms with Gasteiger partial charge in [-0.05, 0) is 6.92 Å². The van der Waals surface area contributed by atoms with E-state index in [0.29, 0.717) is 6.61 Å². The van der Waals surface area contributed by atoms with Crippen LogP contribution in [0.2, 0.25) is 0 Å². The third-order valence-corrected chi connectivity index (χ3v) is 3.54. The Kier molecular flexibility index (Phi) is 2.94. The molecule has 0 amide bonds. The van der Waals surface area contributed by atoms with Crippen molar-refractivity contribution in [2.24, 2.45) is 7.05 Å². The number of rotatable bonds is 2. The molecule has 6 heteroatoms. The van der Waals surface area contributed by atoms with Crippen molar-refractivity contribution in [1.82, 2.24) is 19.7 Å². The van der Waals surface area contributed by atoms with E-state index < -0.39 is 0 Å². The minimum Gasteiger partial charge on any atom is -0.376 e. The molecule has 3 rings (SSSR count). The van der Waals surface area contributed by atoms with Crippen LogP contribution in [-0.4, -0.2) is 33.4 Å². The highest BCUT2D eigenvalue weighted by Gasteiger charge is 2.19. The van der Waals surface area contributed by atoms with Gasteiger partial charge in [0.1, 0.15) is 5.82 Å². The summed E-state index contributed by atoms with van der Waals surface area (Å²) >= 11 is 0. The van der Waals surface area contributed by atoms with Gasteiger partial charge < -0.3 is 10.1 Å². The van der Waals surface area contributed by atoms with Gasteiger partial charge in [0.25, 0.3) is 0 Å². The van der Waals surface area contributed by atoms with Crippen LogP contribution in [0.15, 0.2) is 6.20 Å². The van der Waals surface area contributed by atoms with Crippen molar-refractivity contribution in [3.8, 4) is 11.4 Å². The zero-order valence-electron chi connectivity index (χ0n) is 11.4. The minimum atomic E-state index is 0.581.